The summed E-state index contributed by atoms with van der Waals surface area (Å²) in [4.78, 5) is 21.1. The Balaban J connectivity index is 1.91. The number of amides is 1. The molecule has 122 valence electrons. The van der Waals surface area contributed by atoms with Crippen molar-refractivity contribution in [1.29, 1.82) is 0 Å². The number of anilines is 1. The Hall–Kier alpha value is -1.17. The molecule has 1 fully saturated rings. The van der Waals surface area contributed by atoms with Crippen molar-refractivity contribution in [2.45, 2.75) is 32.7 Å². The molecule has 0 bridgehead atoms. The van der Waals surface area contributed by atoms with E-state index in [4.69, 9.17) is 11.6 Å². The molecular weight excluding hydrogens is 300 g/mol. The maximum absolute atomic E-state index is 12.4. The standard InChI is InChI=1S/C16H25ClN4O/c1-3-8-20-9-5-10-21(12-11-20)13(2)16(22)19-14-6-4-7-18-15(14)17/h4,6-7,13H,3,5,8-12H2,1-2H3,(H,19,22). The molecule has 0 spiro atoms. The molecular formula is C16H25ClN4O. The van der Waals surface area contributed by atoms with Gasteiger partial charge in [0.05, 0.1) is 11.7 Å². The van der Waals surface area contributed by atoms with E-state index in [0.717, 1.165) is 39.1 Å². The van der Waals surface area contributed by atoms with Crippen molar-refractivity contribution < 1.29 is 4.79 Å². The van der Waals surface area contributed by atoms with Gasteiger partial charge in [-0.15, -0.1) is 0 Å². The molecule has 0 aliphatic carbocycles. The first-order valence-corrected chi connectivity index (χ1v) is 8.37. The molecule has 2 rings (SSSR count). The number of halogens is 1. The number of carbonyl (C=O) groups excluding carboxylic acids is 1. The molecule has 22 heavy (non-hydrogen) atoms. The summed E-state index contributed by atoms with van der Waals surface area (Å²) in [5.41, 5.74) is 0.573. The highest BCUT2D eigenvalue weighted by Crippen LogP contribution is 2.18. The van der Waals surface area contributed by atoms with Gasteiger partial charge >= 0.3 is 0 Å². The number of rotatable bonds is 5. The molecule has 5 nitrogen and oxygen atoms in total. The molecule has 0 saturated carbocycles. The van der Waals surface area contributed by atoms with Crippen molar-refractivity contribution in [3.8, 4) is 0 Å². The highest BCUT2D eigenvalue weighted by Gasteiger charge is 2.24. The SMILES string of the molecule is CCCN1CCCN(C(C)C(=O)Nc2cccnc2Cl)CC1. The summed E-state index contributed by atoms with van der Waals surface area (Å²) in [6, 6.07) is 3.37. The predicted molar refractivity (Wildman–Crippen MR) is 90.3 cm³/mol. The van der Waals surface area contributed by atoms with Crippen LogP contribution in [0.15, 0.2) is 18.3 Å². The number of hydrogen-bond donors (Lipinski definition) is 1. The van der Waals surface area contributed by atoms with Crippen LogP contribution >= 0.6 is 11.6 Å². The fraction of sp³-hybridized carbons (Fsp3) is 0.625. The summed E-state index contributed by atoms with van der Waals surface area (Å²) in [6.07, 6.45) is 3.89. The normalized spacial score (nSPS) is 18.7. The Morgan fingerprint density at radius 2 is 2.23 bits per heavy atom. The highest BCUT2D eigenvalue weighted by atomic mass is 35.5. The van der Waals surface area contributed by atoms with Crippen LogP contribution in [0, 0.1) is 0 Å². The zero-order valence-electron chi connectivity index (χ0n) is 13.4. The van der Waals surface area contributed by atoms with Crippen LogP contribution in [0.4, 0.5) is 5.69 Å². The summed E-state index contributed by atoms with van der Waals surface area (Å²) in [5, 5.41) is 3.20. The van der Waals surface area contributed by atoms with E-state index in [1.165, 1.54) is 6.42 Å². The van der Waals surface area contributed by atoms with Crippen molar-refractivity contribution in [2.75, 3.05) is 38.0 Å². The van der Waals surface area contributed by atoms with E-state index in [0.29, 0.717) is 10.8 Å². The summed E-state index contributed by atoms with van der Waals surface area (Å²) >= 11 is 5.99. The van der Waals surface area contributed by atoms with Crippen molar-refractivity contribution in [2.24, 2.45) is 0 Å². The third kappa shape index (κ3) is 4.66. The van der Waals surface area contributed by atoms with E-state index >= 15 is 0 Å². The first-order chi connectivity index (χ1) is 10.6. The average Bonchev–Trinajstić information content (AvgIpc) is 2.75. The fourth-order valence-electron chi connectivity index (χ4n) is 2.80. The van der Waals surface area contributed by atoms with Crippen LogP contribution in [0.5, 0.6) is 0 Å². The summed E-state index contributed by atoms with van der Waals surface area (Å²) in [5.74, 6) is -0.0289. The molecule has 1 saturated heterocycles. The Labute approximate surface area is 137 Å². The number of nitrogens with zero attached hydrogens (tertiary/aromatic N) is 3. The van der Waals surface area contributed by atoms with Gasteiger partial charge in [0.1, 0.15) is 0 Å². The van der Waals surface area contributed by atoms with Crippen LogP contribution in [0.1, 0.15) is 26.7 Å². The molecule has 0 aromatic carbocycles. The number of hydrogen-bond acceptors (Lipinski definition) is 4. The summed E-state index contributed by atoms with van der Waals surface area (Å²) in [6.45, 7) is 9.32. The number of aromatic nitrogens is 1. The van der Waals surface area contributed by atoms with Crippen LogP contribution in [0.25, 0.3) is 0 Å². The zero-order chi connectivity index (χ0) is 15.9. The molecule has 1 aromatic rings. The molecule has 1 aliphatic rings. The van der Waals surface area contributed by atoms with Crippen molar-refractivity contribution in [3.63, 3.8) is 0 Å². The van der Waals surface area contributed by atoms with Gasteiger partial charge in [-0.1, -0.05) is 18.5 Å². The number of pyridine rings is 1. The Morgan fingerprint density at radius 1 is 1.41 bits per heavy atom. The Kier molecular flexibility index (Phi) is 6.61. The maximum Gasteiger partial charge on any atom is 0.241 e. The fourth-order valence-corrected chi connectivity index (χ4v) is 2.97. The molecule has 1 N–H and O–H groups in total. The quantitative estimate of drug-likeness (QED) is 0.845. The van der Waals surface area contributed by atoms with Gasteiger partial charge in [-0.25, -0.2) is 4.98 Å². The molecule has 0 radical (unpaired) electrons. The third-order valence-corrected chi connectivity index (χ3v) is 4.41. The maximum atomic E-state index is 12.4. The topological polar surface area (TPSA) is 48.5 Å². The molecule has 1 aromatic heterocycles. The van der Waals surface area contributed by atoms with Gasteiger partial charge in [-0.2, -0.15) is 0 Å². The minimum atomic E-state index is -0.169. The largest absolute Gasteiger partial charge is 0.322 e. The molecule has 1 atom stereocenters. The van der Waals surface area contributed by atoms with Gasteiger partial charge in [0, 0.05) is 25.8 Å². The number of carbonyl (C=O) groups is 1. The third-order valence-electron chi connectivity index (χ3n) is 4.11. The van der Waals surface area contributed by atoms with Crippen LogP contribution in [-0.2, 0) is 4.79 Å². The Morgan fingerprint density at radius 3 is 2.95 bits per heavy atom. The first-order valence-electron chi connectivity index (χ1n) is 7.99. The lowest BCUT2D eigenvalue weighted by molar-refractivity contribution is -0.120. The average molecular weight is 325 g/mol. The zero-order valence-corrected chi connectivity index (χ0v) is 14.1. The minimum absolute atomic E-state index is 0.0289. The lowest BCUT2D eigenvalue weighted by atomic mass is 10.2. The molecule has 2 heterocycles. The smallest absolute Gasteiger partial charge is 0.241 e. The van der Waals surface area contributed by atoms with E-state index in [9.17, 15) is 4.79 Å². The van der Waals surface area contributed by atoms with Gasteiger partial charge < -0.3 is 10.2 Å². The van der Waals surface area contributed by atoms with Crippen LogP contribution in [0.2, 0.25) is 5.15 Å². The van der Waals surface area contributed by atoms with Crippen LogP contribution in [-0.4, -0.2) is 59.5 Å². The van der Waals surface area contributed by atoms with Gasteiger partial charge in [-0.05, 0) is 45.0 Å². The van der Waals surface area contributed by atoms with Crippen molar-refractivity contribution in [1.82, 2.24) is 14.8 Å². The lowest BCUT2D eigenvalue weighted by Gasteiger charge is -2.27. The monoisotopic (exact) mass is 324 g/mol. The number of nitrogens with one attached hydrogen (secondary N) is 1. The second kappa shape index (κ2) is 8.46. The lowest BCUT2D eigenvalue weighted by Crippen LogP contribution is -2.44. The van der Waals surface area contributed by atoms with Gasteiger partial charge in [0.15, 0.2) is 5.15 Å². The van der Waals surface area contributed by atoms with Crippen LogP contribution in [0.3, 0.4) is 0 Å². The van der Waals surface area contributed by atoms with Gasteiger partial charge in [-0.3, -0.25) is 9.69 Å². The van der Waals surface area contributed by atoms with Gasteiger partial charge in [0.25, 0.3) is 0 Å². The molecule has 6 heteroatoms. The van der Waals surface area contributed by atoms with Crippen molar-refractivity contribution >= 4 is 23.2 Å². The summed E-state index contributed by atoms with van der Waals surface area (Å²) in [7, 11) is 0. The van der Waals surface area contributed by atoms with Crippen molar-refractivity contribution in [3.05, 3.63) is 23.5 Å². The van der Waals surface area contributed by atoms with E-state index in [1.54, 1.807) is 18.3 Å². The first kappa shape index (κ1) is 17.2. The highest BCUT2D eigenvalue weighted by molar-refractivity contribution is 6.32. The molecule has 1 unspecified atom stereocenters. The minimum Gasteiger partial charge on any atom is -0.322 e. The molecule has 1 amide bonds. The van der Waals surface area contributed by atoms with Gasteiger partial charge in [0.2, 0.25) is 5.91 Å². The van der Waals surface area contributed by atoms with E-state index in [2.05, 4.69) is 27.0 Å². The second-order valence-electron chi connectivity index (χ2n) is 5.74. The predicted octanol–water partition coefficient (Wildman–Crippen LogP) is 2.48. The summed E-state index contributed by atoms with van der Waals surface area (Å²) < 4.78 is 0. The second-order valence-corrected chi connectivity index (χ2v) is 6.10. The van der Waals surface area contributed by atoms with E-state index in [1.807, 2.05) is 6.92 Å². The van der Waals surface area contributed by atoms with Crippen LogP contribution < -0.4 is 5.32 Å². The Bertz CT molecular complexity index is 497. The van der Waals surface area contributed by atoms with E-state index in [-0.39, 0.29) is 11.9 Å². The van der Waals surface area contributed by atoms with E-state index < -0.39 is 0 Å². The molecule has 1 aliphatic heterocycles.